The van der Waals surface area contributed by atoms with Crippen LogP contribution in [0.25, 0.3) is 6.08 Å². The van der Waals surface area contributed by atoms with Gasteiger partial charge in [0.25, 0.3) is 11.8 Å². The number of nitrogens with one attached hydrogen (secondary N) is 1. The molecule has 0 unspecified atom stereocenters. The highest BCUT2D eigenvalue weighted by Gasteiger charge is 2.38. The van der Waals surface area contributed by atoms with Crippen LogP contribution in [0.1, 0.15) is 44.2 Å². The zero-order chi connectivity index (χ0) is 23.4. The Hall–Kier alpha value is -2.83. The molecule has 32 heavy (non-hydrogen) atoms. The summed E-state index contributed by atoms with van der Waals surface area (Å²) in [5.74, 6) is -1.20. The molecule has 8 heteroatoms. The molecule has 0 spiro atoms. The SMILES string of the molecule is C[C@@H]1CC(C)(C)N(C)c2ccc(/C=C3\C(=O)NC(=O)N(c4cccc(Cl)c4Cl)C3=O)cc21. The van der Waals surface area contributed by atoms with Gasteiger partial charge in [-0.2, -0.15) is 0 Å². The van der Waals surface area contributed by atoms with E-state index in [2.05, 4.69) is 38.0 Å². The van der Waals surface area contributed by atoms with Crippen molar-refractivity contribution >= 4 is 58.5 Å². The second kappa shape index (κ2) is 7.94. The van der Waals surface area contributed by atoms with Gasteiger partial charge in [0.05, 0.1) is 15.7 Å². The minimum Gasteiger partial charge on any atom is -0.369 e. The van der Waals surface area contributed by atoms with Crippen LogP contribution in [-0.2, 0) is 9.59 Å². The molecule has 166 valence electrons. The molecule has 1 fully saturated rings. The lowest BCUT2D eigenvalue weighted by molar-refractivity contribution is -0.122. The first kappa shape index (κ1) is 22.4. The van der Waals surface area contributed by atoms with Crippen molar-refractivity contribution in [1.29, 1.82) is 0 Å². The lowest BCUT2D eigenvalue weighted by Gasteiger charge is -2.45. The molecule has 0 bridgehead atoms. The molecule has 4 rings (SSSR count). The number of amides is 4. The average Bonchev–Trinajstić information content (AvgIpc) is 2.72. The van der Waals surface area contributed by atoms with Crippen LogP contribution < -0.4 is 15.1 Å². The molecule has 0 saturated carbocycles. The number of hydrogen-bond acceptors (Lipinski definition) is 4. The van der Waals surface area contributed by atoms with Crippen LogP contribution in [0.4, 0.5) is 16.2 Å². The molecule has 2 heterocycles. The van der Waals surface area contributed by atoms with Crippen molar-refractivity contribution in [2.75, 3.05) is 16.8 Å². The summed E-state index contributed by atoms with van der Waals surface area (Å²) in [6.45, 7) is 6.59. The molecule has 0 aromatic heterocycles. The maximum absolute atomic E-state index is 13.2. The Balaban J connectivity index is 1.75. The Morgan fingerprint density at radius 3 is 2.53 bits per heavy atom. The second-order valence-corrected chi connectivity index (χ2v) is 9.61. The highest BCUT2D eigenvalue weighted by atomic mass is 35.5. The van der Waals surface area contributed by atoms with Crippen molar-refractivity contribution in [3.8, 4) is 0 Å². The summed E-state index contributed by atoms with van der Waals surface area (Å²) >= 11 is 12.3. The van der Waals surface area contributed by atoms with E-state index in [1.165, 1.54) is 12.1 Å². The summed E-state index contributed by atoms with van der Waals surface area (Å²) in [5, 5.41) is 2.47. The quantitative estimate of drug-likeness (QED) is 0.471. The van der Waals surface area contributed by atoms with Crippen molar-refractivity contribution in [2.45, 2.75) is 38.6 Å². The molecule has 4 amide bonds. The summed E-state index contributed by atoms with van der Waals surface area (Å²) in [6, 6.07) is 9.61. The van der Waals surface area contributed by atoms with E-state index in [4.69, 9.17) is 23.2 Å². The number of barbiturate groups is 1. The standard InChI is InChI=1S/C24H23Cl2N3O3/c1-13-12-24(2,3)28(4)18-9-8-14(10-15(13)18)11-16-21(30)27-23(32)29(22(16)31)19-7-5-6-17(25)20(19)26/h5-11,13H,12H2,1-4H3,(H,27,30,32)/b16-11+/t13-/m1/s1. The van der Waals surface area contributed by atoms with E-state index in [0.717, 1.165) is 22.6 Å². The van der Waals surface area contributed by atoms with E-state index in [9.17, 15) is 14.4 Å². The van der Waals surface area contributed by atoms with Gasteiger partial charge in [0.15, 0.2) is 0 Å². The van der Waals surface area contributed by atoms with Crippen LogP contribution in [0, 0.1) is 0 Å². The number of rotatable bonds is 2. The Labute approximate surface area is 196 Å². The highest BCUT2D eigenvalue weighted by Crippen LogP contribution is 2.43. The number of fused-ring (bicyclic) bond motifs is 1. The summed E-state index contributed by atoms with van der Waals surface area (Å²) in [6.07, 6.45) is 2.48. The zero-order valence-electron chi connectivity index (χ0n) is 18.2. The van der Waals surface area contributed by atoms with Gasteiger partial charge < -0.3 is 4.90 Å². The Morgan fingerprint density at radius 2 is 1.81 bits per heavy atom. The molecule has 0 aliphatic carbocycles. The highest BCUT2D eigenvalue weighted by molar-refractivity contribution is 6.46. The fourth-order valence-electron chi connectivity index (χ4n) is 4.39. The molecule has 2 aliphatic rings. The summed E-state index contributed by atoms with van der Waals surface area (Å²) < 4.78 is 0. The minimum atomic E-state index is -0.871. The molecule has 2 aliphatic heterocycles. The van der Waals surface area contributed by atoms with Gasteiger partial charge in [0, 0.05) is 18.3 Å². The number of anilines is 2. The summed E-state index contributed by atoms with van der Waals surface area (Å²) in [4.78, 5) is 41.2. The van der Waals surface area contributed by atoms with Crippen molar-refractivity contribution in [3.05, 3.63) is 63.1 Å². The third-order valence-electron chi connectivity index (χ3n) is 6.24. The van der Waals surface area contributed by atoms with Gasteiger partial charge in [-0.25, -0.2) is 9.69 Å². The number of urea groups is 1. The number of hydrogen-bond donors (Lipinski definition) is 1. The molecule has 0 radical (unpaired) electrons. The van der Waals surface area contributed by atoms with Gasteiger partial charge >= 0.3 is 6.03 Å². The first-order valence-electron chi connectivity index (χ1n) is 10.2. The van der Waals surface area contributed by atoms with E-state index < -0.39 is 17.8 Å². The average molecular weight is 472 g/mol. The predicted molar refractivity (Wildman–Crippen MR) is 127 cm³/mol. The molecule has 2 aromatic rings. The third-order valence-corrected chi connectivity index (χ3v) is 7.05. The normalized spacial score (nSPS) is 21.6. The number of carbonyl (C=O) groups is 3. The summed E-state index contributed by atoms with van der Waals surface area (Å²) in [7, 11) is 2.07. The number of imide groups is 2. The Kier molecular flexibility index (Phi) is 5.55. The number of benzene rings is 2. The van der Waals surface area contributed by atoms with E-state index in [-0.39, 0.29) is 26.8 Å². The van der Waals surface area contributed by atoms with Crippen LogP contribution in [-0.4, -0.2) is 30.4 Å². The van der Waals surface area contributed by atoms with Gasteiger partial charge in [0.1, 0.15) is 5.57 Å². The molecule has 6 nitrogen and oxygen atoms in total. The topological polar surface area (TPSA) is 69.7 Å². The summed E-state index contributed by atoms with van der Waals surface area (Å²) in [5.41, 5.74) is 2.96. The molecule has 2 aromatic carbocycles. The van der Waals surface area contributed by atoms with E-state index in [0.29, 0.717) is 11.5 Å². The van der Waals surface area contributed by atoms with E-state index in [1.54, 1.807) is 12.1 Å². The van der Waals surface area contributed by atoms with Crippen LogP contribution in [0.15, 0.2) is 42.0 Å². The monoisotopic (exact) mass is 471 g/mol. The Bertz CT molecular complexity index is 1190. The maximum atomic E-state index is 13.2. The Morgan fingerprint density at radius 1 is 1.09 bits per heavy atom. The largest absolute Gasteiger partial charge is 0.369 e. The third kappa shape index (κ3) is 3.67. The van der Waals surface area contributed by atoms with Crippen LogP contribution in [0.2, 0.25) is 10.0 Å². The predicted octanol–water partition coefficient (Wildman–Crippen LogP) is 5.38. The van der Waals surface area contributed by atoms with Crippen molar-refractivity contribution in [1.82, 2.24) is 5.32 Å². The first-order chi connectivity index (χ1) is 15.0. The second-order valence-electron chi connectivity index (χ2n) is 8.83. The van der Waals surface area contributed by atoms with Gasteiger partial charge in [-0.1, -0.05) is 42.3 Å². The zero-order valence-corrected chi connectivity index (χ0v) is 19.7. The lowest BCUT2D eigenvalue weighted by Crippen LogP contribution is -2.54. The van der Waals surface area contributed by atoms with Gasteiger partial charge in [0.2, 0.25) is 0 Å². The van der Waals surface area contributed by atoms with Crippen molar-refractivity contribution in [2.24, 2.45) is 0 Å². The van der Waals surface area contributed by atoms with Gasteiger partial charge in [-0.05, 0) is 67.7 Å². The number of carbonyl (C=O) groups excluding carboxylic acids is 3. The maximum Gasteiger partial charge on any atom is 0.336 e. The molecule has 1 atom stereocenters. The number of nitrogens with zero attached hydrogens (tertiary/aromatic N) is 2. The van der Waals surface area contributed by atoms with Crippen LogP contribution >= 0.6 is 23.2 Å². The fraction of sp³-hybridized carbons (Fsp3) is 0.292. The van der Waals surface area contributed by atoms with Crippen LogP contribution in [0.5, 0.6) is 0 Å². The molecular weight excluding hydrogens is 449 g/mol. The van der Waals surface area contributed by atoms with E-state index >= 15 is 0 Å². The molecular formula is C24H23Cl2N3O3. The van der Waals surface area contributed by atoms with Gasteiger partial charge in [-0.15, -0.1) is 0 Å². The molecule has 1 saturated heterocycles. The lowest BCUT2D eigenvalue weighted by atomic mass is 9.80. The first-order valence-corrected chi connectivity index (χ1v) is 11.0. The van der Waals surface area contributed by atoms with Crippen LogP contribution in [0.3, 0.4) is 0 Å². The van der Waals surface area contributed by atoms with Crippen molar-refractivity contribution < 1.29 is 14.4 Å². The van der Waals surface area contributed by atoms with E-state index in [1.807, 2.05) is 18.2 Å². The van der Waals surface area contributed by atoms with Crippen molar-refractivity contribution in [3.63, 3.8) is 0 Å². The molecule has 1 N–H and O–H groups in total. The fourth-order valence-corrected chi connectivity index (χ4v) is 4.77. The van der Waals surface area contributed by atoms with Gasteiger partial charge in [-0.3, -0.25) is 14.9 Å². The number of halogens is 2. The minimum absolute atomic E-state index is 0.0305. The smallest absolute Gasteiger partial charge is 0.336 e.